The van der Waals surface area contributed by atoms with Crippen molar-refractivity contribution in [1.82, 2.24) is 5.32 Å². The Morgan fingerprint density at radius 1 is 1.12 bits per heavy atom. The number of nitro groups is 1. The van der Waals surface area contributed by atoms with Crippen molar-refractivity contribution in [2.75, 3.05) is 11.1 Å². The first kappa shape index (κ1) is 19.5. The lowest BCUT2D eigenvalue weighted by Crippen LogP contribution is -2.31. The number of amides is 2. The number of rotatable bonds is 7. The summed E-state index contributed by atoms with van der Waals surface area (Å²) >= 11 is 1.26. The molecular weight excluding hydrogens is 354 g/mol. The Balaban J connectivity index is 1.97. The summed E-state index contributed by atoms with van der Waals surface area (Å²) in [6, 6.07) is 12.8. The maximum atomic E-state index is 12.2. The number of hydrogen-bond donors (Lipinski definition) is 2. The maximum absolute atomic E-state index is 12.2. The zero-order valence-electron chi connectivity index (χ0n) is 14.4. The molecule has 26 heavy (non-hydrogen) atoms. The average Bonchev–Trinajstić information content (AvgIpc) is 2.60. The summed E-state index contributed by atoms with van der Waals surface area (Å²) in [5, 5.41) is 16.2. The molecule has 0 bridgehead atoms. The fourth-order valence-electron chi connectivity index (χ4n) is 2.13. The van der Waals surface area contributed by atoms with Crippen LogP contribution in [0.25, 0.3) is 0 Å². The van der Waals surface area contributed by atoms with Crippen LogP contribution in [-0.4, -0.2) is 28.5 Å². The first-order valence-corrected chi connectivity index (χ1v) is 8.92. The summed E-state index contributed by atoms with van der Waals surface area (Å²) in [4.78, 5) is 35.3. The predicted molar refractivity (Wildman–Crippen MR) is 101 cm³/mol. The normalized spacial score (nSPS) is 10.4. The molecule has 0 heterocycles. The second kappa shape index (κ2) is 9.00. The minimum Gasteiger partial charge on any atom is -0.350 e. The summed E-state index contributed by atoms with van der Waals surface area (Å²) < 4.78 is 0. The summed E-state index contributed by atoms with van der Waals surface area (Å²) in [5.41, 5.74) is 0.846. The number of thioether (sulfide) groups is 1. The molecule has 0 aliphatic carbocycles. The molecule has 7 nitrogen and oxygen atoms in total. The highest BCUT2D eigenvalue weighted by Gasteiger charge is 2.14. The Morgan fingerprint density at radius 3 is 2.38 bits per heavy atom. The molecule has 0 fully saturated rings. The van der Waals surface area contributed by atoms with Crippen molar-refractivity contribution >= 4 is 35.0 Å². The molecule has 2 N–H and O–H groups in total. The van der Waals surface area contributed by atoms with Gasteiger partial charge in [-0.2, -0.15) is 0 Å². The number of hydrogen-bond acceptors (Lipinski definition) is 5. The molecule has 0 unspecified atom stereocenters. The summed E-state index contributed by atoms with van der Waals surface area (Å²) in [7, 11) is 0. The van der Waals surface area contributed by atoms with Crippen LogP contribution >= 0.6 is 11.8 Å². The van der Waals surface area contributed by atoms with Gasteiger partial charge in [0.2, 0.25) is 5.91 Å². The smallest absolute Gasteiger partial charge is 0.269 e. The highest BCUT2D eigenvalue weighted by atomic mass is 32.2. The van der Waals surface area contributed by atoms with E-state index in [4.69, 9.17) is 0 Å². The molecule has 2 aromatic carbocycles. The van der Waals surface area contributed by atoms with Crippen molar-refractivity contribution in [1.29, 1.82) is 0 Å². The Bertz CT molecular complexity index is 806. The Kier molecular flexibility index (Phi) is 6.74. The van der Waals surface area contributed by atoms with Gasteiger partial charge in [-0.05, 0) is 38.1 Å². The maximum Gasteiger partial charge on any atom is 0.269 e. The highest BCUT2D eigenvalue weighted by Crippen LogP contribution is 2.22. The van der Waals surface area contributed by atoms with Gasteiger partial charge in [-0.15, -0.1) is 11.8 Å². The van der Waals surface area contributed by atoms with E-state index in [-0.39, 0.29) is 29.3 Å². The van der Waals surface area contributed by atoms with E-state index < -0.39 is 4.92 Å². The van der Waals surface area contributed by atoms with E-state index in [1.807, 2.05) is 13.8 Å². The van der Waals surface area contributed by atoms with Gasteiger partial charge in [0.1, 0.15) is 0 Å². The molecule has 8 heteroatoms. The van der Waals surface area contributed by atoms with Crippen molar-refractivity contribution in [3.8, 4) is 0 Å². The third kappa shape index (κ3) is 5.59. The Labute approximate surface area is 155 Å². The highest BCUT2D eigenvalue weighted by molar-refractivity contribution is 8.00. The first-order valence-electron chi connectivity index (χ1n) is 7.94. The van der Waals surface area contributed by atoms with Crippen LogP contribution in [0.1, 0.15) is 24.2 Å². The van der Waals surface area contributed by atoms with Gasteiger partial charge in [0.15, 0.2) is 0 Å². The summed E-state index contributed by atoms with van der Waals surface area (Å²) in [6.07, 6.45) is 0. The van der Waals surface area contributed by atoms with Gasteiger partial charge in [-0.1, -0.05) is 12.1 Å². The molecule has 0 spiro atoms. The quantitative estimate of drug-likeness (QED) is 0.440. The molecule has 0 aliphatic rings. The van der Waals surface area contributed by atoms with Crippen LogP contribution in [-0.2, 0) is 4.79 Å². The lowest BCUT2D eigenvalue weighted by molar-refractivity contribution is -0.384. The van der Waals surface area contributed by atoms with Gasteiger partial charge in [0.25, 0.3) is 11.6 Å². The zero-order valence-corrected chi connectivity index (χ0v) is 15.2. The molecule has 2 amide bonds. The standard InChI is InChI=1S/C18H19N3O4S/c1-12(2)19-18(23)15-5-3-4-6-16(15)20-17(22)11-26-14-9-7-13(8-10-14)21(24)25/h3-10,12H,11H2,1-2H3,(H,19,23)(H,20,22). The topological polar surface area (TPSA) is 101 Å². The number of nitrogens with zero attached hydrogens (tertiary/aromatic N) is 1. The third-order valence-corrected chi connectivity index (χ3v) is 4.30. The number of anilines is 1. The number of nitrogens with one attached hydrogen (secondary N) is 2. The molecule has 0 saturated carbocycles. The summed E-state index contributed by atoms with van der Waals surface area (Å²) in [5.74, 6) is -0.394. The minimum absolute atomic E-state index is 0.00361. The van der Waals surface area contributed by atoms with Crippen molar-refractivity contribution in [3.63, 3.8) is 0 Å². The molecule has 0 saturated heterocycles. The van der Waals surface area contributed by atoms with Crippen molar-refractivity contribution in [3.05, 3.63) is 64.2 Å². The van der Waals surface area contributed by atoms with Gasteiger partial charge >= 0.3 is 0 Å². The van der Waals surface area contributed by atoms with Crippen LogP contribution in [0.3, 0.4) is 0 Å². The Morgan fingerprint density at radius 2 is 1.77 bits per heavy atom. The van der Waals surface area contributed by atoms with Gasteiger partial charge in [0.05, 0.1) is 21.9 Å². The van der Waals surface area contributed by atoms with Crippen molar-refractivity contribution < 1.29 is 14.5 Å². The van der Waals surface area contributed by atoms with E-state index >= 15 is 0 Å². The second-order valence-electron chi connectivity index (χ2n) is 5.76. The van der Waals surface area contributed by atoms with Gasteiger partial charge < -0.3 is 10.6 Å². The zero-order chi connectivity index (χ0) is 19.1. The van der Waals surface area contributed by atoms with E-state index in [9.17, 15) is 19.7 Å². The molecule has 0 aromatic heterocycles. The van der Waals surface area contributed by atoms with Gasteiger partial charge in [-0.3, -0.25) is 19.7 Å². The van der Waals surface area contributed by atoms with Gasteiger partial charge in [0, 0.05) is 23.1 Å². The van der Waals surface area contributed by atoms with Crippen LogP contribution in [0.5, 0.6) is 0 Å². The van der Waals surface area contributed by atoms with Crippen LogP contribution in [0.15, 0.2) is 53.4 Å². The fourth-order valence-corrected chi connectivity index (χ4v) is 2.83. The molecule has 0 aliphatic heterocycles. The number of para-hydroxylation sites is 1. The molecule has 2 aromatic rings. The SMILES string of the molecule is CC(C)NC(=O)c1ccccc1NC(=O)CSc1ccc([N+](=O)[O-])cc1. The number of non-ortho nitro benzene ring substituents is 1. The molecule has 0 radical (unpaired) electrons. The number of benzene rings is 2. The molecule has 0 atom stereocenters. The van der Waals surface area contributed by atoms with E-state index in [1.54, 1.807) is 36.4 Å². The van der Waals surface area contributed by atoms with E-state index in [0.29, 0.717) is 11.3 Å². The summed E-state index contributed by atoms with van der Waals surface area (Å²) in [6.45, 7) is 3.72. The van der Waals surface area contributed by atoms with Crippen LogP contribution in [0.4, 0.5) is 11.4 Å². The van der Waals surface area contributed by atoms with Crippen LogP contribution < -0.4 is 10.6 Å². The molecule has 2 rings (SSSR count). The molecule has 136 valence electrons. The third-order valence-electron chi connectivity index (χ3n) is 3.28. The van der Waals surface area contributed by atoms with E-state index in [1.165, 1.54) is 23.9 Å². The van der Waals surface area contributed by atoms with Gasteiger partial charge in [-0.25, -0.2) is 0 Å². The number of nitro benzene ring substituents is 1. The lowest BCUT2D eigenvalue weighted by Gasteiger charge is -2.13. The van der Waals surface area contributed by atoms with Crippen LogP contribution in [0.2, 0.25) is 0 Å². The van der Waals surface area contributed by atoms with E-state index in [0.717, 1.165) is 4.90 Å². The second-order valence-corrected chi connectivity index (χ2v) is 6.81. The average molecular weight is 373 g/mol. The molecular formula is C18H19N3O4S. The van der Waals surface area contributed by atoms with Crippen molar-refractivity contribution in [2.24, 2.45) is 0 Å². The minimum atomic E-state index is -0.472. The van der Waals surface area contributed by atoms with Crippen molar-refractivity contribution in [2.45, 2.75) is 24.8 Å². The van der Waals surface area contributed by atoms with Crippen LogP contribution in [0, 0.1) is 10.1 Å². The predicted octanol–water partition coefficient (Wildman–Crippen LogP) is 3.46. The number of carbonyl (C=O) groups excluding carboxylic acids is 2. The number of carbonyl (C=O) groups is 2. The first-order chi connectivity index (χ1) is 12.4. The lowest BCUT2D eigenvalue weighted by atomic mass is 10.1. The monoisotopic (exact) mass is 373 g/mol. The largest absolute Gasteiger partial charge is 0.350 e. The fraction of sp³-hybridized carbons (Fsp3) is 0.222. The Hall–Kier alpha value is -2.87. The van der Waals surface area contributed by atoms with E-state index in [2.05, 4.69) is 10.6 Å².